The summed E-state index contributed by atoms with van der Waals surface area (Å²) in [5.74, 6) is 0. The van der Waals surface area contributed by atoms with Crippen molar-refractivity contribution in [3.05, 3.63) is 41.7 Å². The monoisotopic (exact) mass is 214 g/mol. The molecular formula is C11H10N4O. The maximum Gasteiger partial charge on any atom is 0.133 e. The summed E-state index contributed by atoms with van der Waals surface area (Å²) >= 11 is 0. The minimum absolute atomic E-state index is 0.294. The molecule has 5 heteroatoms. The molecule has 0 atom stereocenters. The second-order valence-electron chi connectivity index (χ2n) is 3.33. The van der Waals surface area contributed by atoms with Crippen molar-refractivity contribution in [1.29, 1.82) is 0 Å². The quantitative estimate of drug-likeness (QED) is 0.737. The molecule has 0 amide bonds. The fraction of sp³-hybridized carbons (Fsp3) is 0.0909. The fourth-order valence-corrected chi connectivity index (χ4v) is 1.41. The number of rotatable bonds is 3. The lowest BCUT2D eigenvalue weighted by molar-refractivity contribution is 0.768. The largest absolute Gasteiger partial charge is 0.275 e. The topological polar surface area (TPSA) is 60.1 Å². The number of aromatic nitrogens is 3. The van der Waals surface area contributed by atoms with Crippen molar-refractivity contribution >= 4 is 11.8 Å². The number of hydrogen-bond acceptors (Lipinski definition) is 4. The Morgan fingerprint density at radius 1 is 1.50 bits per heavy atom. The molecule has 0 aliphatic carbocycles. The van der Waals surface area contributed by atoms with E-state index in [-0.39, 0.29) is 0 Å². The van der Waals surface area contributed by atoms with Gasteiger partial charge in [0.25, 0.3) is 0 Å². The van der Waals surface area contributed by atoms with Gasteiger partial charge in [-0.1, -0.05) is 12.7 Å². The predicted molar refractivity (Wildman–Crippen MR) is 62.0 cm³/mol. The van der Waals surface area contributed by atoms with Gasteiger partial charge in [-0.15, -0.1) is 4.91 Å². The lowest BCUT2D eigenvalue weighted by Gasteiger charge is -2.00. The normalized spacial score (nSPS) is 10.1. The first kappa shape index (κ1) is 10.2. The first-order valence-corrected chi connectivity index (χ1v) is 4.69. The van der Waals surface area contributed by atoms with E-state index < -0.39 is 0 Å². The molecule has 0 radical (unpaired) electrons. The molecule has 2 aromatic rings. The smallest absolute Gasteiger partial charge is 0.133 e. The third-order valence-corrected chi connectivity index (χ3v) is 2.23. The van der Waals surface area contributed by atoms with E-state index in [2.05, 4.69) is 21.8 Å². The molecule has 0 fully saturated rings. The standard InChI is InChI=1S/C11H10N4O/c1-3-8-4-10(12-6-11(8)14-16)9-5-13-15(2)7-9/h3-7H,1H2,2H3. The van der Waals surface area contributed by atoms with E-state index >= 15 is 0 Å². The van der Waals surface area contributed by atoms with Crippen molar-refractivity contribution in [1.82, 2.24) is 14.8 Å². The molecular weight excluding hydrogens is 204 g/mol. The van der Waals surface area contributed by atoms with Gasteiger partial charge in [-0.25, -0.2) is 0 Å². The Hall–Kier alpha value is -2.30. The van der Waals surface area contributed by atoms with E-state index in [4.69, 9.17) is 0 Å². The molecule has 80 valence electrons. The van der Waals surface area contributed by atoms with E-state index in [0.717, 1.165) is 11.3 Å². The van der Waals surface area contributed by atoms with E-state index in [1.54, 1.807) is 23.0 Å². The summed E-state index contributed by atoms with van der Waals surface area (Å²) in [6.07, 6.45) is 6.58. The molecule has 16 heavy (non-hydrogen) atoms. The summed E-state index contributed by atoms with van der Waals surface area (Å²) in [4.78, 5) is 14.6. The summed E-state index contributed by atoms with van der Waals surface area (Å²) in [5.41, 5.74) is 2.60. The van der Waals surface area contributed by atoms with E-state index in [1.807, 2.05) is 13.2 Å². The lowest BCUT2D eigenvalue weighted by atomic mass is 10.1. The Morgan fingerprint density at radius 3 is 2.88 bits per heavy atom. The molecule has 2 heterocycles. The van der Waals surface area contributed by atoms with Gasteiger partial charge in [0.15, 0.2) is 0 Å². The van der Waals surface area contributed by atoms with Crippen molar-refractivity contribution in [3.8, 4) is 11.3 Å². The Balaban J connectivity index is 2.51. The molecule has 2 rings (SSSR count). The van der Waals surface area contributed by atoms with Crippen LogP contribution in [0.1, 0.15) is 5.56 Å². The Labute approximate surface area is 92.4 Å². The minimum Gasteiger partial charge on any atom is -0.275 e. The van der Waals surface area contributed by atoms with E-state index in [0.29, 0.717) is 11.3 Å². The van der Waals surface area contributed by atoms with Crippen LogP contribution in [0.3, 0.4) is 0 Å². The number of pyridine rings is 1. The Bertz CT molecular complexity index is 545. The van der Waals surface area contributed by atoms with E-state index in [9.17, 15) is 4.91 Å². The number of aryl methyl sites for hydroxylation is 1. The van der Waals surface area contributed by atoms with Crippen LogP contribution in [0, 0.1) is 4.91 Å². The maximum atomic E-state index is 10.5. The van der Waals surface area contributed by atoms with Crippen LogP contribution >= 0.6 is 0 Å². The van der Waals surface area contributed by atoms with Gasteiger partial charge in [-0.3, -0.25) is 9.67 Å². The molecule has 2 aromatic heterocycles. The van der Waals surface area contributed by atoms with Crippen LogP contribution in [0.2, 0.25) is 0 Å². The average molecular weight is 214 g/mol. The van der Waals surface area contributed by atoms with Gasteiger partial charge in [-0.2, -0.15) is 5.10 Å². The van der Waals surface area contributed by atoms with E-state index in [1.165, 1.54) is 6.20 Å². The van der Waals surface area contributed by atoms with Crippen LogP contribution in [0.4, 0.5) is 5.69 Å². The van der Waals surface area contributed by atoms with Crippen LogP contribution in [-0.4, -0.2) is 14.8 Å². The van der Waals surface area contributed by atoms with Crippen molar-refractivity contribution < 1.29 is 0 Å². The van der Waals surface area contributed by atoms with Crippen LogP contribution in [0.15, 0.2) is 36.4 Å². The Morgan fingerprint density at radius 2 is 2.31 bits per heavy atom. The molecule has 0 unspecified atom stereocenters. The highest BCUT2D eigenvalue weighted by atomic mass is 16.3. The molecule has 0 saturated carbocycles. The van der Waals surface area contributed by atoms with Crippen molar-refractivity contribution in [3.63, 3.8) is 0 Å². The second kappa shape index (κ2) is 4.06. The molecule has 0 bridgehead atoms. The number of hydrogen-bond donors (Lipinski definition) is 0. The molecule has 0 N–H and O–H groups in total. The zero-order valence-electron chi connectivity index (χ0n) is 8.79. The van der Waals surface area contributed by atoms with Gasteiger partial charge < -0.3 is 0 Å². The SMILES string of the molecule is C=Cc1cc(-c2cnn(C)c2)ncc1N=O. The van der Waals surface area contributed by atoms with Gasteiger partial charge in [0, 0.05) is 24.4 Å². The Kier molecular flexibility index (Phi) is 2.59. The van der Waals surface area contributed by atoms with Crippen molar-refractivity contribution in [2.45, 2.75) is 0 Å². The zero-order chi connectivity index (χ0) is 11.5. The molecule has 0 spiro atoms. The second-order valence-corrected chi connectivity index (χ2v) is 3.33. The highest BCUT2D eigenvalue weighted by molar-refractivity contribution is 5.68. The van der Waals surface area contributed by atoms with Gasteiger partial charge >= 0.3 is 0 Å². The predicted octanol–water partition coefficient (Wildman–Crippen LogP) is 2.52. The number of nitrogens with zero attached hydrogens (tertiary/aromatic N) is 4. The molecule has 5 nitrogen and oxygen atoms in total. The summed E-state index contributed by atoms with van der Waals surface area (Å²) in [5, 5.41) is 6.93. The van der Waals surface area contributed by atoms with Gasteiger partial charge in [0.2, 0.25) is 0 Å². The first-order valence-electron chi connectivity index (χ1n) is 4.69. The molecule has 0 aromatic carbocycles. The average Bonchev–Trinajstić information content (AvgIpc) is 2.75. The summed E-state index contributed by atoms with van der Waals surface area (Å²) in [7, 11) is 1.83. The third kappa shape index (κ3) is 1.75. The zero-order valence-corrected chi connectivity index (χ0v) is 8.79. The maximum absolute atomic E-state index is 10.5. The lowest BCUT2D eigenvalue weighted by Crippen LogP contribution is -1.85. The third-order valence-electron chi connectivity index (χ3n) is 2.23. The minimum atomic E-state index is 0.294. The fourth-order valence-electron chi connectivity index (χ4n) is 1.41. The van der Waals surface area contributed by atoms with Gasteiger partial charge in [-0.05, 0) is 11.2 Å². The number of nitroso groups, excluding NO2 is 1. The molecule has 0 aliphatic rings. The van der Waals surface area contributed by atoms with Gasteiger partial charge in [0.05, 0.1) is 18.1 Å². The first-order chi connectivity index (χ1) is 7.74. The van der Waals surface area contributed by atoms with Crippen LogP contribution in [0.25, 0.3) is 17.3 Å². The van der Waals surface area contributed by atoms with Gasteiger partial charge in [0.1, 0.15) is 5.69 Å². The highest BCUT2D eigenvalue weighted by Crippen LogP contribution is 2.24. The summed E-state index contributed by atoms with van der Waals surface area (Å²) in [6, 6.07) is 1.76. The molecule has 0 aliphatic heterocycles. The van der Waals surface area contributed by atoms with Crippen molar-refractivity contribution in [2.75, 3.05) is 0 Å². The van der Waals surface area contributed by atoms with Crippen molar-refractivity contribution in [2.24, 2.45) is 12.2 Å². The molecule has 0 saturated heterocycles. The van der Waals surface area contributed by atoms with Crippen LogP contribution < -0.4 is 0 Å². The summed E-state index contributed by atoms with van der Waals surface area (Å²) in [6.45, 7) is 3.63. The summed E-state index contributed by atoms with van der Waals surface area (Å²) < 4.78 is 1.69. The van der Waals surface area contributed by atoms with Crippen LogP contribution in [0.5, 0.6) is 0 Å². The van der Waals surface area contributed by atoms with Crippen LogP contribution in [-0.2, 0) is 7.05 Å². The highest BCUT2D eigenvalue weighted by Gasteiger charge is 2.06.